The van der Waals surface area contributed by atoms with E-state index in [1.54, 1.807) is 16.9 Å². The predicted molar refractivity (Wildman–Crippen MR) is 89.1 cm³/mol. The number of thiophene rings is 1. The summed E-state index contributed by atoms with van der Waals surface area (Å²) in [6.45, 7) is 0.370. The summed E-state index contributed by atoms with van der Waals surface area (Å²) in [7, 11) is 0. The molecule has 1 amide bonds. The number of para-hydroxylation sites is 1. The highest BCUT2D eigenvalue weighted by Gasteiger charge is 2.14. The number of nitrogens with zero attached hydrogens (tertiary/aromatic N) is 2. The lowest BCUT2D eigenvalue weighted by Crippen LogP contribution is -2.22. The lowest BCUT2D eigenvalue weighted by molar-refractivity contribution is 0.0951. The van der Waals surface area contributed by atoms with Gasteiger partial charge in [0, 0.05) is 18.3 Å². The molecule has 0 unspecified atom stereocenters. The van der Waals surface area contributed by atoms with Crippen molar-refractivity contribution < 1.29 is 4.79 Å². The fourth-order valence-electron chi connectivity index (χ4n) is 1.95. The van der Waals surface area contributed by atoms with Crippen molar-refractivity contribution in [3.63, 3.8) is 0 Å². The molecule has 0 atom stereocenters. The third kappa shape index (κ3) is 3.32. The van der Waals surface area contributed by atoms with E-state index in [9.17, 15) is 4.79 Å². The standard InChI is InChI=1S/C15H11Cl2N3OS/c16-13-6-12(14(17)22-13)15(21)18-7-10-8-19-20(9-10)11-4-2-1-3-5-11/h1-6,8-9H,7H2,(H,18,21). The van der Waals surface area contributed by atoms with Crippen LogP contribution in [0.3, 0.4) is 0 Å². The molecule has 1 N–H and O–H groups in total. The molecule has 7 heteroatoms. The topological polar surface area (TPSA) is 46.9 Å². The quantitative estimate of drug-likeness (QED) is 0.766. The van der Waals surface area contributed by atoms with Crippen molar-refractivity contribution in [2.75, 3.05) is 0 Å². The number of amides is 1. The number of carbonyl (C=O) groups is 1. The number of aromatic nitrogens is 2. The highest BCUT2D eigenvalue weighted by atomic mass is 35.5. The zero-order valence-corrected chi connectivity index (χ0v) is 13.6. The molecule has 0 fully saturated rings. The largest absolute Gasteiger partial charge is 0.348 e. The van der Waals surface area contributed by atoms with E-state index in [0.29, 0.717) is 20.8 Å². The second-order valence-corrected chi connectivity index (χ2v) is 6.83. The molecule has 0 spiro atoms. The van der Waals surface area contributed by atoms with E-state index in [1.165, 1.54) is 11.3 Å². The number of nitrogens with one attached hydrogen (secondary N) is 1. The molecule has 112 valence electrons. The summed E-state index contributed by atoms with van der Waals surface area (Å²) in [6, 6.07) is 11.3. The molecule has 4 nitrogen and oxygen atoms in total. The van der Waals surface area contributed by atoms with Crippen molar-refractivity contribution in [3.05, 3.63) is 68.6 Å². The van der Waals surface area contributed by atoms with Crippen LogP contribution in [0.1, 0.15) is 15.9 Å². The number of halogens is 2. The van der Waals surface area contributed by atoms with Gasteiger partial charge < -0.3 is 5.32 Å². The second kappa shape index (κ2) is 6.52. The number of rotatable bonds is 4. The molecule has 0 aliphatic carbocycles. The van der Waals surface area contributed by atoms with Crippen molar-refractivity contribution >= 4 is 40.4 Å². The summed E-state index contributed by atoms with van der Waals surface area (Å²) in [5, 5.41) is 7.08. The van der Waals surface area contributed by atoms with Crippen LogP contribution in [-0.4, -0.2) is 15.7 Å². The molecule has 0 saturated heterocycles. The Kier molecular flexibility index (Phi) is 4.47. The molecule has 2 aromatic heterocycles. The maximum Gasteiger partial charge on any atom is 0.253 e. The van der Waals surface area contributed by atoms with Gasteiger partial charge in [0.2, 0.25) is 0 Å². The fourth-order valence-corrected chi connectivity index (χ4v) is 3.40. The Morgan fingerprint density at radius 2 is 2.05 bits per heavy atom. The van der Waals surface area contributed by atoms with Gasteiger partial charge in [-0.1, -0.05) is 41.4 Å². The van der Waals surface area contributed by atoms with Crippen LogP contribution in [-0.2, 0) is 6.54 Å². The Hall–Kier alpha value is -1.82. The Balaban J connectivity index is 1.66. The molecule has 2 heterocycles. The van der Waals surface area contributed by atoms with Crippen molar-refractivity contribution in [1.82, 2.24) is 15.1 Å². The van der Waals surface area contributed by atoms with Gasteiger partial charge in [-0.05, 0) is 18.2 Å². The third-order valence-corrected chi connectivity index (χ3v) is 4.50. The second-order valence-electron chi connectivity index (χ2n) is 4.55. The van der Waals surface area contributed by atoms with Crippen molar-refractivity contribution in [2.45, 2.75) is 6.54 Å². The molecule has 0 radical (unpaired) electrons. The summed E-state index contributed by atoms with van der Waals surface area (Å²) in [4.78, 5) is 12.1. The molecule has 3 rings (SSSR count). The van der Waals surface area contributed by atoms with E-state index in [1.807, 2.05) is 36.5 Å². The van der Waals surface area contributed by atoms with E-state index in [0.717, 1.165) is 11.3 Å². The summed E-state index contributed by atoms with van der Waals surface area (Å²) < 4.78 is 2.64. The zero-order valence-electron chi connectivity index (χ0n) is 11.3. The van der Waals surface area contributed by atoms with Gasteiger partial charge in [-0.3, -0.25) is 4.79 Å². The van der Waals surface area contributed by atoms with Crippen LogP contribution in [0.25, 0.3) is 5.69 Å². The average molecular weight is 352 g/mol. The molecule has 0 aliphatic heterocycles. The smallest absolute Gasteiger partial charge is 0.253 e. The summed E-state index contributed by atoms with van der Waals surface area (Å²) in [6.07, 6.45) is 3.59. The Labute approximate surface area is 141 Å². The highest BCUT2D eigenvalue weighted by Crippen LogP contribution is 2.30. The summed E-state index contributed by atoms with van der Waals surface area (Å²) >= 11 is 13.0. The summed E-state index contributed by atoms with van der Waals surface area (Å²) in [5.74, 6) is -0.249. The van der Waals surface area contributed by atoms with Gasteiger partial charge in [0.1, 0.15) is 4.34 Å². The summed E-state index contributed by atoms with van der Waals surface area (Å²) in [5.41, 5.74) is 2.26. The first-order valence-corrected chi connectivity index (χ1v) is 8.03. The van der Waals surface area contributed by atoms with Crippen LogP contribution in [0.15, 0.2) is 48.8 Å². The minimum Gasteiger partial charge on any atom is -0.348 e. The van der Waals surface area contributed by atoms with E-state index in [2.05, 4.69) is 10.4 Å². The van der Waals surface area contributed by atoms with E-state index >= 15 is 0 Å². The maximum atomic E-state index is 12.1. The van der Waals surface area contributed by atoms with E-state index in [-0.39, 0.29) is 5.91 Å². The molecule has 0 bridgehead atoms. The first-order chi connectivity index (χ1) is 10.6. The Bertz CT molecular complexity index is 798. The predicted octanol–water partition coefficient (Wildman–Crippen LogP) is 4.17. The average Bonchev–Trinajstić information content (AvgIpc) is 3.12. The van der Waals surface area contributed by atoms with Gasteiger partial charge in [-0.25, -0.2) is 4.68 Å². The number of benzene rings is 1. The number of carbonyl (C=O) groups excluding carboxylic acids is 1. The van der Waals surface area contributed by atoms with Gasteiger partial charge in [0.25, 0.3) is 5.91 Å². The minimum atomic E-state index is -0.249. The molecule has 3 aromatic rings. The molecule has 0 aliphatic rings. The van der Waals surface area contributed by atoms with Crippen LogP contribution >= 0.6 is 34.5 Å². The Morgan fingerprint density at radius 1 is 1.27 bits per heavy atom. The van der Waals surface area contributed by atoms with Crippen LogP contribution in [0.2, 0.25) is 8.67 Å². The van der Waals surface area contributed by atoms with Crippen LogP contribution in [0.4, 0.5) is 0 Å². The SMILES string of the molecule is O=C(NCc1cnn(-c2ccccc2)c1)c1cc(Cl)sc1Cl. The van der Waals surface area contributed by atoms with E-state index < -0.39 is 0 Å². The van der Waals surface area contributed by atoms with Gasteiger partial charge >= 0.3 is 0 Å². The van der Waals surface area contributed by atoms with E-state index in [4.69, 9.17) is 23.2 Å². The number of hydrogen-bond acceptors (Lipinski definition) is 3. The van der Waals surface area contributed by atoms with Gasteiger partial charge in [-0.15, -0.1) is 11.3 Å². The minimum absolute atomic E-state index is 0.249. The first kappa shape index (κ1) is 15.1. The molecular weight excluding hydrogens is 341 g/mol. The van der Waals surface area contributed by atoms with Gasteiger partial charge in [0.05, 0.1) is 21.8 Å². The normalized spacial score (nSPS) is 10.6. The maximum absolute atomic E-state index is 12.1. The third-order valence-electron chi connectivity index (χ3n) is 3.01. The van der Waals surface area contributed by atoms with Crippen molar-refractivity contribution in [3.8, 4) is 5.69 Å². The first-order valence-electron chi connectivity index (χ1n) is 6.45. The van der Waals surface area contributed by atoms with Crippen LogP contribution in [0.5, 0.6) is 0 Å². The van der Waals surface area contributed by atoms with Gasteiger partial charge in [0.15, 0.2) is 0 Å². The lowest BCUT2D eigenvalue weighted by Gasteiger charge is -2.02. The monoisotopic (exact) mass is 351 g/mol. The fraction of sp³-hybridized carbons (Fsp3) is 0.0667. The Morgan fingerprint density at radius 3 is 2.73 bits per heavy atom. The molecular formula is C15H11Cl2N3OS. The van der Waals surface area contributed by atoms with Crippen molar-refractivity contribution in [2.24, 2.45) is 0 Å². The molecule has 22 heavy (non-hydrogen) atoms. The van der Waals surface area contributed by atoms with Gasteiger partial charge in [-0.2, -0.15) is 5.10 Å². The van der Waals surface area contributed by atoms with Crippen LogP contribution in [0, 0.1) is 0 Å². The number of hydrogen-bond donors (Lipinski definition) is 1. The zero-order chi connectivity index (χ0) is 15.5. The molecule has 1 aromatic carbocycles. The highest BCUT2D eigenvalue weighted by molar-refractivity contribution is 7.20. The van der Waals surface area contributed by atoms with Crippen molar-refractivity contribution in [1.29, 1.82) is 0 Å². The lowest BCUT2D eigenvalue weighted by atomic mass is 10.3. The van der Waals surface area contributed by atoms with Crippen LogP contribution < -0.4 is 5.32 Å². The molecule has 0 saturated carbocycles.